The lowest BCUT2D eigenvalue weighted by Crippen LogP contribution is -2.51. The van der Waals surface area contributed by atoms with Crippen LogP contribution in [0.25, 0.3) is 16.9 Å². The Kier molecular flexibility index (Phi) is 6.23. The summed E-state index contributed by atoms with van der Waals surface area (Å²) in [6.45, 7) is 3.83. The maximum absolute atomic E-state index is 13.4. The number of ether oxygens (including phenoxy) is 1. The van der Waals surface area contributed by atoms with Crippen LogP contribution in [0.5, 0.6) is 0 Å². The number of hydrogen-bond acceptors (Lipinski definition) is 4. The van der Waals surface area contributed by atoms with Crippen molar-refractivity contribution in [3.8, 4) is 16.9 Å². The first-order valence-electron chi connectivity index (χ1n) is 10.2. The van der Waals surface area contributed by atoms with Gasteiger partial charge in [-0.1, -0.05) is 48.0 Å². The smallest absolute Gasteiger partial charge is 0.409 e. The Balaban J connectivity index is 1.63. The van der Waals surface area contributed by atoms with E-state index in [2.05, 4.69) is 0 Å². The van der Waals surface area contributed by atoms with Gasteiger partial charge in [-0.2, -0.15) is 5.10 Å². The minimum absolute atomic E-state index is 0.141. The number of benzene rings is 2. The van der Waals surface area contributed by atoms with Gasteiger partial charge in [-0.05, 0) is 31.2 Å². The lowest BCUT2D eigenvalue weighted by Gasteiger charge is -2.34. The quantitative estimate of drug-likeness (QED) is 0.614. The molecule has 0 bridgehead atoms. The van der Waals surface area contributed by atoms with Crippen molar-refractivity contribution in [3.63, 3.8) is 0 Å². The Bertz CT molecular complexity index is 1080. The second kappa shape index (κ2) is 9.22. The van der Waals surface area contributed by atoms with Gasteiger partial charge in [0, 0.05) is 36.8 Å². The first-order valence-corrected chi connectivity index (χ1v) is 10.6. The topological polar surface area (TPSA) is 67.7 Å². The molecule has 7 nitrogen and oxygen atoms in total. The minimum atomic E-state index is -0.343. The highest BCUT2D eigenvalue weighted by Gasteiger charge is 2.28. The molecule has 2 heterocycles. The fraction of sp³-hybridized carbons (Fsp3) is 0.261. The van der Waals surface area contributed by atoms with Gasteiger partial charge in [0.15, 0.2) is 0 Å². The number of aromatic nitrogens is 2. The summed E-state index contributed by atoms with van der Waals surface area (Å²) in [6, 6.07) is 18.8. The third-order valence-corrected chi connectivity index (χ3v) is 5.38. The molecule has 1 aromatic heterocycles. The van der Waals surface area contributed by atoms with E-state index in [0.29, 0.717) is 54.9 Å². The summed E-state index contributed by atoms with van der Waals surface area (Å²) in [7, 11) is 0. The van der Waals surface area contributed by atoms with E-state index in [1.165, 1.54) is 0 Å². The van der Waals surface area contributed by atoms with E-state index in [1.54, 1.807) is 39.6 Å². The van der Waals surface area contributed by atoms with Crippen molar-refractivity contribution in [2.45, 2.75) is 6.92 Å². The number of carbonyl (C=O) groups excluding carboxylic acids is 2. The van der Waals surface area contributed by atoms with Crippen molar-refractivity contribution in [3.05, 3.63) is 71.4 Å². The number of nitrogens with zero attached hydrogens (tertiary/aromatic N) is 4. The van der Waals surface area contributed by atoms with Crippen molar-refractivity contribution >= 4 is 23.6 Å². The predicted molar refractivity (Wildman–Crippen MR) is 119 cm³/mol. The second-order valence-electron chi connectivity index (χ2n) is 7.15. The molecular formula is C23H23ClN4O3. The van der Waals surface area contributed by atoms with Crippen molar-refractivity contribution in [1.29, 1.82) is 0 Å². The first kappa shape index (κ1) is 20.9. The Morgan fingerprint density at radius 2 is 1.68 bits per heavy atom. The zero-order valence-electron chi connectivity index (χ0n) is 17.2. The maximum Gasteiger partial charge on any atom is 0.409 e. The van der Waals surface area contributed by atoms with Gasteiger partial charge >= 0.3 is 6.09 Å². The van der Waals surface area contributed by atoms with Gasteiger partial charge in [0.25, 0.3) is 5.91 Å². The van der Waals surface area contributed by atoms with E-state index in [-0.39, 0.29) is 12.0 Å². The van der Waals surface area contributed by atoms with Crippen LogP contribution in [-0.4, -0.2) is 64.4 Å². The third-order valence-electron chi connectivity index (χ3n) is 5.14. The lowest BCUT2D eigenvalue weighted by molar-refractivity contribution is 0.0563. The van der Waals surface area contributed by atoms with Crippen molar-refractivity contribution in [2.24, 2.45) is 0 Å². The van der Waals surface area contributed by atoms with Gasteiger partial charge in [0.05, 0.1) is 18.0 Å². The minimum Gasteiger partial charge on any atom is -0.450 e. The van der Waals surface area contributed by atoms with Crippen LogP contribution in [0.1, 0.15) is 17.4 Å². The SMILES string of the molecule is CCOC(=O)N1CCN(C(=O)c2cc(-c3ccccc3)nn2-c2cccc(Cl)c2)CC1. The van der Waals surface area contributed by atoms with E-state index in [4.69, 9.17) is 21.4 Å². The Morgan fingerprint density at radius 3 is 2.35 bits per heavy atom. The van der Waals surface area contributed by atoms with E-state index in [9.17, 15) is 9.59 Å². The van der Waals surface area contributed by atoms with Crippen LogP contribution in [0, 0.1) is 0 Å². The van der Waals surface area contributed by atoms with Gasteiger partial charge in [-0.3, -0.25) is 4.79 Å². The molecule has 0 spiro atoms. The highest BCUT2D eigenvalue weighted by atomic mass is 35.5. The van der Waals surface area contributed by atoms with E-state index in [1.807, 2.05) is 42.5 Å². The number of hydrogen-bond donors (Lipinski definition) is 0. The maximum atomic E-state index is 13.4. The Morgan fingerprint density at radius 1 is 0.968 bits per heavy atom. The van der Waals surface area contributed by atoms with Gasteiger partial charge < -0.3 is 14.5 Å². The summed E-state index contributed by atoms with van der Waals surface area (Å²) in [5, 5.41) is 5.27. The molecule has 2 aromatic carbocycles. The number of amides is 2. The van der Waals surface area contributed by atoms with Crippen molar-refractivity contribution < 1.29 is 14.3 Å². The van der Waals surface area contributed by atoms with Crippen LogP contribution in [0.15, 0.2) is 60.7 Å². The molecule has 4 rings (SSSR count). The molecule has 0 N–H and O–H groups in total. The molecule has 0 atom stereocenters. The van der Waals surface area contributed by atoms with Crippen molar-refractivity contribution in [2.75, 3.05) is 32.8 Å². The summed E-state index contributed by atoms with van der Waals surface area (Å²) >= 11 is 6.18. The largest absolute Gasteiger partial charge is 0.450 e. The lowest BCUT2D eigenvalue weighted by atomic mass is 10.1. The van der Waals surface area contributed by atoms with Crippen LogP contribution >= 0.6 is 11.6 Å². The molecular weight excluding hydrogens is 416 g/mol. The van der Waals surface area contributed by atoms with Gasteiger partial charge in [0.2, 0.25) is 0 Å². The molecule has 1 saturated heterocycles. The molecule has 160 valence electrons. The highest BCUT2D eigenvalue weighted by Crippen LogP contribution is 2.24. The van der Waals surface area contributed by atoms with Crippen LogP contribution < -0.4 is 0 Å². The number of piperazine rings is 1. The predicted octanol–water partition coefficient (Wildman–Crippen LogP) is 4.11. The molecule has 1 fully saturated rings. The van der Waals surface area contributed by atoms with Crippen LogP contribution in [0.2, 0.25) is 5.02 Å². The Hall–Kier alpha value is -3.32. The fourth-order valence-electron chi connectivity index (χ4n) is 3.56. The molecule has 8 heteroatoms. The Labute approximate surface area is 185 Å². The molecule has 0 unspecified atom stereocenters. The van der Waals surface area contributed by atoms with Crippen LogP contribution in [0.3, 0.4) is 0 Å². The summed E-state index contributed by atoms with van der Waals surface area (Å²) in [6.07, 6.45) is -0.343. The van der Waals surface area contributed by atoms with Gasteiger partial charge in [0.1, 0.15) is 5.69 Å². The first-order chi connectivity index (χ1) is 15.1. The zero-order chi connectivity index (χ0) is 21.8. The monoisotopic (exact) mass is 438 g/mol. The standard InChI is InChI=1S/C23H23ClN4O3/c1-2-31-23(30)27-13-11-26(12-14-27)22(29)21-16-20(17-7-4-3-5-8-17)25-28(21)19-10-6-9-18(24)15-19/h3-10,15-16H,2,11-14H2,1H3. The average Bonchev–Trinajstić information content (AvgIpc) is 3.25. The van der Waals surface area contributed by atoms with Crippen molar-refractivity contribution in [1.82, 2.24) is 19.6 Å². The van der Waals surface area contributed by atoms with Crippen LogP contribution in [-0.2, 0) is 4.74 Å². The summed E-state index contributed by atoms with van der Waals surface area (Å²) in [5.74, 6) is -0.141. The highest BCUT2D eigenvalue weighted by molar-refractivity contribution is 6.30. The molecule has 31 heavy (non-hydrogen) atoms. The normalized spacial score (nSPS) is 13.9. The van der Waals surface area contributed by atoms with Crippen LogP contribution in [0.4, 0.5) is 4.79 Å². The molecule has 2 amide bonds. The molecule has 1 aliphatic rings. The summed E-state index contributed by atoms with van der Waals surface area (Å²) in [4.78, 5) is 28.7. The number of rotatable bonds is 4. The van der Waals surface area contributed by atoms with E-state index in [0.717, 1.165) is 5.56 Å². The summed E-state index contributed by atoms with van der Waals surface area (Å²) in [5.41, 5.74) is 2.78. The van der Waals surface area contributed by atoms with E-state index < -0.39 is 0 Å². The molecule has 0 radical (unpaired) electrons. The molecule has 1 aliphatic heterocycles. The van der Waals surface area contributed by atoms with Gasteiger partial charge in [-0.25, -0.2) is 9.48 Å². The molecule has 3 aromatic rings. The zero-order valence-corrected chi connectivity index (χ0v) is 18.0. The number of halogens is 1. The molecule has 0 saturated carbocycles. The fourth-order valence-corrected chi connectivity index (χ4v) is 3.74. The van der Waals surface area contributed by atoms with E-state index >= 15 is 0 Å². The number of carbonyl (C=O) groups is 2. The second-order valence-corrected chi connectivity index (χ2v) is 7.59. The van der Waals surface area contributed by atoms with Gasteiger partial charge in [-0.15, -0.1) is 0 Å². The average molecular weight is 439 g/mol. The summed E-state index contributed by atoms with van der Waals surface area (Å²) < 4.78 is 6.69. The molecule has 0 aliphatic carbocycles. The third kappa shape index (κ3) is 4.56.